The molecular formula is C19H28N4O3S. The van der Waals surface area contributed by atoms with Gasteiger partial charge >= 0.3 is 0 Å². The molecule has 3 saturated heterocycles. The van der Waals surface area contributed by atoms with Crippen molar-refractivity contribution >= 4 is 23.2 Å². The fourth-order valence-electron chi connectivity index (χ4n) is 5.21. The van der Waals surface area contributed by atoms with E-state index < -0.39 is 0 Å². The summed E-state index contributed by atoms with van der Waals surface area (Å²) in [5, 5.41) is 15.0. The summed E-state index contributed by atoms with van der Waals surface area (Å²) >= 11 is 1.47. The van der Waals surface area contributed by atoms with Crippen LogP contribution in [-0.4, -0.2) is 76.6 Å². The number of thiazole rings is 1. The Morgan fingerprint density at radius 1 is 1.41 bits per heavy atom. The Hall–Kier alpha value is -1.51. The zero-order valence-electron chi connectivity index (χ0n) is 15.8. The predicted molar refractivity (Wildman–Crippen MR) is 103 cm³/mol. The highest BCUT2D eigenvalue weighted by atomic mass is 32.1. The summed E-state index contributed by atoms with van der Waals surface area (Å²) in [7, 11) is 0. The number of aryl methyl sites for hydroxylation is 1. The van der Waals surface area contributed by atoms with Crippen LogP contribution in [0, 0.1) is 18.8 Å². The van der Waals surface area contributed by atoms with E-state index in [1.54, 1.807) is 5.38 Å². The minimum atomic E-state index is -0.162. The molecule has 1 aromatic rings. The Kier molecular flexibility index (Phi) is 5.48. The number of fused-ring (bicyclic) bond motifs is 4. The molecule has 4 rings (SSSR count). The number of nitrogens with one attached hydrogen (secondary N) is 1. The Balaban J connectivity index is 1.50. The van der Waals surface area contributed by atoms with Crippen molar-refractivity contribution in [2.24, 2.45) is 11.8 Å². The second-order valence-electron chi connectivity index (χ2n) is 8.03. The van der Waals surface area contributed by atoms with Crippen LogP contribution in [0.25, 0.3) is 0 Å². The lowest BCUT2D eigenvalue weighted by atomic mass is 9.72. The van der Waals surface area contributed by atoms with Gasteiger partial charge in [-0.2, -0.15) is 0 Å². The molecule has 8 heteroatoms. The number of β-amino-alcohol motifs (C(OH)–C–C–N with tert-alkyl or cyclic N) is 1. The standard InChI is InChI=1S/C19H28N4O3S/c1-12-21-15(11-27-12)19(26)20-8-17-14-7-13(9-22(10-14)5-6-24)16-3-2-4-18(25)23(16)17/h11,13-14,16-17,24H,2-10H2,1H3,(H,20,26)/t13-,14+,16+,17+/m1/s1. The van der Waals surface area contributed by atoms with Crippen LogP contribution in [0.3, 0.4) is 0 Å². The first-order valence-corrected chi connectivity index (χ1v) is 10.8. The number of rotatable bonds is 5. The number of aliphatic hydroxyl groups excluding tert-OH is 1. The number of piperidine rings is 3. The van der Waals surface area contributed by atoms with Gasteiger partial charge in [0.2, 0.25) is 5.91 Å². The SMILES string of the molecule is Cc1nc(C(=O)NC[C@H]2[C@H]3C[C@H](CN(CCO)C3)[C@@H]3CCCC(=O)N32)cs1. The van der Waals surface area contributed by atoms with Gasteiger partial charge in [0.15, 0.2) is 0 Å². The zero-order chi connectivity index (χ0) is 19.0. The molecule has 0 unspecified atom stereocenters. The number of carbonyl (C=O) groups excluding carboxylic acids is 2. The van der Waals surface area contributed by atoms with E-state index in [-0.39, 0.29) is 30.5 Å². The summed E-state index contributed by atoms with van der Waals surface area (Å²) in [4.78, 5) is 33.9. The minimum Gasteiger partial charge on any atom is -0.395 e. The van der Waals surface area contributed by atoms with E-state index in [2.05, 4.69) is 20.1 Å². The summed E-state index contributed by atoms with van der Waals surface area (Å²) in [6.07, 6.45) is 3.73. The molecule has 0 saturated carbocycles. The normalized spacial score (nSPS) is 30.9. The predicted octanol–water partition coefficient (Wildman–Crippen LogP) is 0.875. The molecule has 0 aliphatic carbocycles. The van der Waals surface area contributed by atoms with Crippen molar-refractivity contribution in [3.8, 4) is 0 Å². The molecule has 27 heavy (non-hydrogen) atoms. The monoisotopic (exact) mass is 392 g/mol. The van der Waals surface area contributed by atoms with Gasteiger partial charge in [-0.1, -0.05) is 0 Å². The number of amides is 2. The molecule has 4 atom stereocenters. The van der Waals surface area contributed by atoms with Crippen LogP contribution in [0.1, 0.15) is 41.2 Å². The first-order chi connectivity index (χ1) is 13.1. The summed E-state index contributed by atoms with van der Waals surface area (Å²) in [6.45, 7) is 5.05. The number of aliphatic hydroxyl groups is 1. The van der Waals surface area contributed by atoms with Crippen molar-refractivity contribution in [3.63, 3.8) is 0 Å². The van der Waals surface area contributed by atoms with Crippen molar-refractivity contribution in [2.75, 3.05) is 32.8 Å². The van der Waals surface area contributed by atoms with Gasteiger partial charge in [-0.15, -0.1) is 11.3 Å². The third-order valence-corrected chi connectivity index (χ3v) is 7.09. The number of nitrogens with zero attached hydrogens (tertiary/aromatic N) is 3. The highest BCUT2D eigenvalue weighted by Gasteiger charge is 2.49. The lowest BCUT2D eigenvalue weighted by Gasteiger charge is -2.56. The minimum absolute atomic E-state index is 0.0317. The molecule has 2 N–H and O–H groups in total. The molecule has 148 valence electrons. The molecular weight excluding hydrogens is 364 g/mol. The van der Waals surface area contributed by atoms with E-state index in [9.17, 15) is 14.7 Å². The van der Waals surface area contributed by atoms with Crippen molar-refractivity contribution in [1.29, 1.82) is 0 Å². The summed E-state index contributed by atoms with van der Waals surface area (Å²) in [5.74, 6) is 0.893. The van der Waals surface area contributed by atoms with E-state index in [0.717, 1.165) is 37.4 Å². The average molecular weight is 393 g/mol. The van der Waals surface area contributed by atoms with Gasteiger partial charge in [0.25, 0.3) is 5.91 Å². The smallest absolute Gasteiger partial charge is 0.270 e. The molecule has 1 aromatic heterocycles. The Morgan fingerprint density at radius 2 is 2.22 bits per heavy atom. The summed E-state index contributed by atoms with van der Waals surface area (Å²) in [6, 6.07) is 0.302. The topological polar surface area (TPSA) is 85.8 Å². The number of likely N-dealkylation sites (tertiary alicyclic amines) is 1. The second kappa shape index (κ2) is 7.85. The maximum atomic E-state index is 12.7. The largest absolute Gasteiger partial charge is 0.395 e. The van der Waals surface area contributed by atoms with Crippen molar-refractivity contribution < 1.29 is 14.7 Å². The number of aromatic nitrogens is 1. The van der Waals surface area contributed by atoms with Gasteiger partial charge in [0.1, 0.15) is 5.69 Å². The first kappa shape index (κ1) is 18.8. The van der Waals surface area contributed by atoms with E-state index in [0.29, 0.717) is 37.0 Å². The van der Waals surface area contributed by atoms with E-state index in [4.69, 9.17) is 0 Å². The van der Waals surface area contributed by atoms with Crippen LogP contribution < -0.4 is 5.32 Å². The van der Waals surface area contributed by atoms with Crippen LogP contribution in [0.2, 0.25) is 0 Å². The zero-order valence-corrected chi connectivity index (χ0v) is 16.6. The molecule has 4 heterocycles. The summed E-state index contributed by atoms with van der Waals surface area (Å²) < 4.78 is 0. The fraction of sp³-hybridized carbons (Fsp3) is 0.737. The van der Waals surface area contributed by atoms with Crippen molar-refractivity contribution in [3.05, 3.63) is 16.1 Å². The fourth-order valence-corrected chi connectivity index (χ4v) is 5.81. The van der Waals surface area contributed by atoms with Gasteiger partial charge in [-0.25, -0.2) is 4.98 Å². The van der Waals surface area contributed by atoms with E-state index >= 15 is 0 Å². The van der Waals surface area contributed by atoms with Gasteiger partial charge in [0.05, 0.1) is 17.7 Å². The molecule has 3 fully saturated rings. The van der Waals surface area contributed by atoms with Gasteiger partial charge < -0.3 is 20.2 Å². The molecule has 0 aromatic carbocycles. The van der Waals surface area contributed by atoms with E-state index in [1.807, 2.05) is 6.92 Å². The molecule has 3 aliphatic heterocycles. The lowest BCUT2D eigenvalue weighted by molar-refractivity contribution is -0.152. The van der Waals surface area contributed by atoms with Crippen LogP contribution >= 0.6 is 11.3 Å². The van der Waals surface area contributed by atoms with Crippen molar-refractivity contribution in [2.45, 2.75) is 44.7 Å². The van der Waals surface area contributed by atoms with Crippen molar-refractivity contribution in [1.82, 2.24) is 20.1 Å². The lowest BCUT2D eigenvalue weighted by Crippen LogP contribution is -2.67. The van der Waals surface area contributed by atoms with Gasteiger partial charge in [-0.3, -0.25) is 9.59 Å². The first-order valence-electron chi connectivity index (χ1n) is 9.91. The number of hydrogen-bond acceptors (Lipinski definition) is 6. The van der Waals surface area contributed by atoms with Crippen LogP contribution in [0.4, 0.5) is 0 Å². The van der Waals surface area contributed by atoms with E-state index in [1.165, 1.54) is 11.3 Å². The van der Waals surface area contributed by atoms with Crippen LogP contribution in [0.15, 0.2) is 5.38 Å². The number of carbonyl (C=O) groups is 2. The second-order valence-corrected chi connectivity index (χ2v) is 9.09. The van der Waals surface area contributed by atoms with Gasteiger partial charge in [0, 0.05) is 44.0 Å². The summed E-state index contributed by atoms with van der Waals surface area (Å²) in [5.41, 5.74) is 0.457. The number of hydrogen-bond donors (Lipinski definition) is 2. The Bertz CT molecular complexity index is 707. The molecule has 2 bridgehead atoms. The maximum absolute atomic E-state index is 12.7. The third-order valence-electron chi connectivity index (χ3n) is 6.31. The van der Waals surface area contributed by atoms with Gasteiger partial charge in [-0.05, 0) is 38.0 Å². The average Bonchev–Trinajstić information content (AvgIpc) is 3.09. The molecule has 0 spiro atoms. The maximum Gasteiger partial charge on any atom is 0.270 e. The quantitative estimate of drug-likeness (QED) is 0.777. The van der Waals surface area contributed by atoms with Crippen LogP contribution in [0.5, 0.6) is 0 Å². The highest BCUT2D eigenvalue weighted by molar-refractivity contribution is 7.09. The Labute approximate surface area is 163 Å². The molecule has 2 amide bonds. The Morgan fingerprint density at radius 3 is 2.96 bits per heavy atom. The third kappa shape index (κ3) is 3.75. The molecule has 3 aliphatic rings. The highest BCUT2D eigenvalue weighted by Crippen LogP contribution is 2.41. The van der Waals surface area contributed by atoms with Crippen LogP contribution in [-0.2, 0) is 4.79 Å². The molecule has 7 nitrogen and oxygen atoms in total. The molecule has 0 radical (unpaired) electrons.